The monoisotopic (exact) mass is 599 g/mol. The number of carbonyl (C=O) groups is 2. The molecule has 2 fully saturated rings. The van der Waals surface area contributed by atoms with Crippen molar-refractivity contribution >= 4 is 17.5 Å². The maximum atomic E-state index is 14.3. The van der Waals surface area contributed by atoms with Gasteiger partial charge in [-0.1, -0.05) is 30.3 Å². The summed E-state index contributed by atoms with van der Waals surface area (Å²) in [6, 6.07) is 12.2. The van der Waals surface area contributed by atoms with Crippen LogP contribution in [0.15, 0.2) is 59.7 Å². The van der Waals surface area contributed by atoms with E-state index in [4.69, 9.17) is 16.2 Å². The average Bonchev–Trinajstić information content (AvgIpc) is 2.97. The Balaban J connectivity index is 1.24. The molecule has 0 radical (unpaired) electrons. The highest BCUT2D eigenvalue weighted by Crippen LogP contribution is 2.46. The van der Waals surface area contributed by atoms with Crippen molar-refractivity contribution in [2.24, 2.45) is 11.7 Å². The van der Waals surface area contributed by atoms with Crippen LogP contribution in [-0.4, -0.2) is 56.0 Å². The number of rotatable bonds is 7. The number of piperidine rings is 1. The second kappa shape index (κ2) is 11.7. The Hall–Kier alpha value is -4.39. The molecule has 228 valence electrons. The first-order valence-corrected chi connectivity index (χ1v) is 13.9. The van der Waals surface area contributed by atoms with E-state index in [-0.39, 0.29) is 74.1 Å². The number of carbonyl (C=O) groups excluding carboxylic acids is 2. The molecule has 10 nitrogen and oxygen atoms in total. The molecule has 1 aliphatic heterocycles. The summed E-state index contributed by atoms with van der Waals surface area (Å²) in [4.78, 5) is 43.4. The summed E-state index contributed by atoms with van der Waals surface area (Å²) >= 11 is 0. The van der Waals surface area contributed by atoms with E-state index < -0.39 is 47.1 Å². The molecule has 0 bridgehead atoms. The molecule has 2 aromatic carbocycles. The van der Waals surface area contributed by atoms with E-state index in [1.54, 1.807) is 35.2 Å². The van der Waals surface area contributed by atoms with Gasteiger partial charge in [0, 0.05) is 43.8 Å². The second-order valence-corrected chi connectivity index (χ2v) is 11.3. The fourth-order valence-corrected chi connectivity index (χ4v) is 5.89. The van der Waals surface area contributed by atoms with Gasteiger partial charge in [-0.25, -0.2) is 18.2 Å². The van der Waals surface area contributed by atoms with Gasteiger partial charge in [-0.3, -0.25) is 19.0 Å². The lowest BCUT2D eigenvalue weighted by atomic mass is 9.73. The zero-order valence-corrected chi connectivity index (χ0v) is 23.2. The summed E-state index contributed by atoms with van der Waals surface area (Å²) in [7, 11) is 0. The zero-order valence-electron chi connectivity index (χ0n) is 23.2. The number of amides is 2. The van der Waals surface area contributed by atoms with Gasteiger partial charge in [-0.05, 0) is 37.0 Å². The van der Waals surface area contributed by atoms with E-state index in [1.807, 2.05) is 0 Å². The van der Waals surface area contributed by atoms with Gasteiger partial charge < -0.3 is 26.2 Å². The fraction of sp³-hybridized carbons (Fsp3) is 0.400. The highest BCUT2D eigenvalue weighted by molar-refractivity contribution is 5.93. The number of alkyl halides is 2. The molecule has 2 atom stereocenters. The highest BCUT2D eigenvalue weighted by Gasteiger charge is 2.46. The number of nitrogen functional groups attached to an aromatic ring is 1. The Bertz CT molecular complexity index is 1570. The minimum atomic E-state index is -2.84. The minimum Gasteiger partial charge on any atom is -0.437 e. The number of ether oxygens (including phenoxy) is 1. The lowest BCUT2D eigenvalue weighted by Crippen LogP contribution is -2.52. The van der Waals surface area contributed by atoms with Gasteiger partial charge in [0.2, 0.25) is 17.7 Å². The van der Waals surface area contributed by atoms with Crippen LogP contribution in [0.2, 0.25) is 0 Å². The number of halogens is 3. The Morgan fingerprint density at radius 1 is 1.09 bits per heavy atom. The Morgan fingerprint density at radius 3 is 2.44 bits per heavy atom. The molecule has 43 heavy (non-hydrogen) atoms. The third-order valence-electron chi connectivity index (χ3n) is 8.30. The number of likely N-dealkylation sites (tertiary alicyclic amines) is 1. The molecule has 1 aliphatic carbocycles. The van der Waals surface area contributed by atoms with Crippen LogP contribution in [0.4, 0.5) is 18.9 Å². The first-order valence-electron chi connectivity index (χ1n) is 13.9. The topological polar surface area (TPSA) is 154 Å². The molecular weight excluding hydrogens is 567 g/mol. The van der Waals surface area contributed by atoms with Crippen molar-refractivity contribution in [2.45, 2.75) is 56.1 Å². The van der Waals surface area contributed by atoms with E-state index in [0.29, 0.717) is 5.56 Å². The van der Waals surface area contributed by atoms with E-state index in [0.717, 1.165) is 23.0 Å². The van der Waals surface area contributed by atoms with Gasteiger partial charge in [0.15, 0.2) is 5.69 Å². The first-order chi connectivity index (χ1) is 20.4. The molecule has 5 N–H and O–H groups in total. The van der Waals surface area contributed by atoms with Crippen LogP contribution in [0, 0.1) is 11.7 Å². The molecule has 0 spiro atoms. The van der Waals surface area contributed by atoms with Crippen molar-refractivity contribution in [3.8, 4) is 11.6 Å². The average molecular weight is 600 g/mol. The van der Waals surface area contributed by atoms with Crippen LogP contribution in [0.1, 0.15) is 53.9 Å². The molecule has 2 amide bonds. The van der Waals surface area contributed by atoms with Crippen molar-refractivity contribution in [3.63, 3.8) is 0 Å². The molecule has 13 heteroatoms. The molecule has 5 rings (SSSR count). The molecule has 3 aromatic rings. The van der Waals surface area contributed by atoms with E-state index in [1.165, 1.54) is 6.07 Å². The van der Waals surface area contributed by atoms with Crippen molar-refractivity contribution in [1.29, 1.82) is 0 Å². The number of hydrogen-bond acceptors (Lipinski definition) is 7. The van der Waals surface area contributed by atoms with Crippen molar-refractivity contribution < 1.29 is 32.6 Å². The fourth-order valence-electron chi connectivity index (χ4n) is 5.89. The van der Waals surface area contributed by atoms with Crippen LogP contribution < -0.4 is 21.8 Å². The molecule has 1 saturated carbocycles. The maximum absolute atomic E-state index is 14.3. The summed E-state index contributed by atoms with van der Waals surface area (Å²) in [5, 5.41) is 11.3. The van der Waals surface area contributed by atoms with Crippen LogP contribution in [0.3, 0.4) is 0 Å². The van der Waals surface area contributed by atoms with Crippen LogP contribution in [0.25, 0.3) is 0 Å². The summed E-state index contributed by atoms with van der Waals surface area (Å²) in [5.41, 5.74) is 8.99. The van der Waals surface area contributed by atoms with Gasteiger partial charge >= 0.3 is 0 Å². The largest absolute Gasteiger partial charge is 0.437 e. The van der Waals surface area contributed by atoms with Crippen molar-refractivity contribution in [1.82, 2.24) is 14.5 Å². The SMILES string of the molecule is NC(=O)c1ccc(Oc2ncn(CC3(O)CCN(C(=O)[C@@H]4CCC(F)(F)C[C@H]4c4ccccc4)CC3)c(=O)c2N)cc1F. The normalized spacial score (nSPS) is 21.3. The first kappa shape index (κ1) is 30.1. The highest BCUT2D eigenvalue weighted by atomic mass is 19.3. The molecular formula is C30H32F3N5O5. The van der Waals surface area contributed by atoms with Crippen LogP contribution >= 0.6 is 0 Å². The number of aliphatic hydroxyl groups is 1. The van der Waals surface area contributed by atoms with Gasteiger partial charge in [0.05, 0.1) is 17.7 Å². The number of nitrogens with zero attached hydrogens (tertiary/aromatic N) is 3. The van der Waals surface area contributed by atoms with Crippen molar-refractivity contribution in [3.05, 3.63) is 82.2 Å². The standard InChI is InChI=1S/C30H32F3N5O5/c31-23-14-19(6-7-21(23)25(35)39)43-26-24(34)28(41)38(17-36-26)16-29(42)10-12-37(13-11-29)27(40)20-8-9-30(32,33)15-22(20)18-4-2-1-3-5-18/h1-7,14,17,20,22,42H,8-13,15-16,34H2,(H2,35,39)/t20-,22+/m1/s1. The van der Waals surface area contributed by atoms with Gasteiger partial charge in [-0.2, -0.15) is 0 Å². The predicted molar refractivity (Wildman–Crippen MR) is 150 cm³/mol. The van der Waals surface area contributed by atoms with Crippen LogP contribution in [-0.2, 0) is 11.3 Å². The number of anilines is 1. The number of hydrogen-bond donors (Lipinski definition) is 3. The predicted octanol–water partition coefficient (Wildman–Crippen LogP) is 3.43. The molecule has 1 aromatic heterocycles. The summed E-state index contributed by atoms with van der Waals surface area (Å²) in [6.45, 7) is 0.223. The number of aromatic nitrogens is 2. The molecule has 2 aliphatic rings. The zero-order chi connectivity index (χ0) is 30.9. The number of benzene rings is 2. The summed E-state index contributed by atoms with van der Waals surface area (Å²) < 4.78 is 49.3. The Labute approximate surface area is 245 Å². The minimum absolute atomic E-state index is 0.0642. The summed E-state index contributed by atoms with van der Waals surface area (Å²) in [5.74, 6) is -6.46. The van der Waals surface area contributed by atoms with Crippen LogP contribution in [0.5, 0.6) is 11.6 Å². The molecule has 1 saturated heterocycles. The van der Waals surface area contributed by atoms with E-state index >= 15 is 0 Å². The quantitative estimate of drug-likeness (QED) is 0.376. The lowest BCUT2D eigenvalue weighted by molar-refractivity contribution is -0.145. The van der Waals surface area contributed by atoms with Gasteiger partial charge in [-0.15, -0.1) is 0 Å². The molecule has 2 heterocycles. The lowest BCUT2D eigenvalue weighted by Gasteiger charge is -2.42. The van der Waals surface area contributed by atoms with Gasteiger partial charge in [0.25, 0.3) is 11.5 Å². The number of primary amides is 1. The van der Waals surface area contributed by atoms with Crippen molar-refractivity contribution in [2.75, 3.05) is 18.8 Å². The Kier molecular flexibility index (Phi) is 8.19. The van der Waals surface area contributed by atoms with E-state index in [2.05, 4.69) is 4.98 Å². The third-order valence-corrected chi connectivity index (χ3v) is 8.30. The smallest absolute Gasteiger partial charge is 0.280 e. The Morgan fingerprint density at radius 2 is 1.79 bits per heavy atom. The van der Waals surface area contributed by atoms with Gasteiger partial charge in [0.1, 0.15) is 17.9 Å². The maximum Gasteiger partial charge on any atom is 0.280 e. The third kappa shape index (κ3) is 6.51. The van der Waals surface area contributed by atoms with E-state index in [9.17, 15) is 32.7 Å². The molecule has 0 unspecified atom stereocenters. The number of nitrogens with two attached hydrogens (primary N) is 2. The second-order valence-electron chi connectivity index (χ2n) is 11.3. The summed E-state index contributed by atoms with van der Waals surface area (Å²) in [6.07, 6.45) is 0.764.